The van der Waals surface area contributed by atoms with Crippen molar-refractivity contribution in [1.82, 2.24) is 9.97 Å². The third kappa shape index (κ3) is 2.44. The zero-order valence-electron chi connectivity index (χ0n) is 10.9. The molecule has 0 atom stereocenters. The van der Waals surface area contributed by atoms with Crippen molar-refractivity contribution >= 4 is 11.3 Å². The number of thiazole rings is 1. The third-order valence-electron chi connectivity index (χ3n) is 2.92. The van der Waals surface area contributed by atoms with Crippen LogP contribution in [0.3, 0.4) is 0 Å². The number of hydrogen-bond donors (Lipinski definition) is 0. The molecule has 0 aliphatic carbocycles. The molecule has 0 fully saturated rings. The molecule has 96 valence electrons. The molecule has 1 aromatic carbocycles. The summed E-state index contributed by atoms with van der Waals surface area (Å²) in [6.45, 7) is 1.97. The number of aromatic nitrogens is 2. The topological polar surface area (TPSA) is 49.6 Å². The van der Waals surface area contributed by atoms with E-state index in [1.54, 1.807) is 23.5 Å². The van der Waals surface area contributed by atoms with Crippen molar-refractivity contribution in [3.63, 3.8) is 0 Å². The minimum absolute atomic E-state index is 0.657. The molecule has 0 bridgehead atoms. The van der Waals surface area contributed by atoms with Crippen LogP contribution in [0.4, 0.5) is 0 Å². The van der Waals surface area contributed by atoms with Crippen LogP contribution in [0.1, 0.15) is 11.3 Å². The van der Waals surface area contributed by atoms with Gasteiger partial charge in [0.05, 0.1) is 23.0 Å². The van der Waals surface area contributed by atoms with Gasteiger partial charge >= 0.3 is 0 Å². The van der Waals surface area contributed by atoms with Crippen LogP contribution >= 0.6 is 11.3 Å². The summed E-state index contributed by atoms with van der Waals surface area (Å²) in [4.78, 5) is 9.10. The molecule has 0 saturated heterocycles. The number of nitriles is 1. The normalized spacial score (nSPS) is 10.2. The van der Waals surface area contributed by atoms with E-state index in [-0.39, 0.29) is 0 Å². The molecular weight excluding hydrogens is 266 g/mol. The van der Waals surface area contributed by atoms with E-state index in [1.807, 2.05) is 42.6 Å². The molecule has 0 amide bonds. The number of benzene rings is 1. The number of rotatable bonds is 2. The molecule has 3 nitrogen and oxygen atoms in total. The van der Waals surface area contributed by atoms with Gasteiger partial charge in [0.2, 0.25) is 0 Å². The second-order valence-corrected chi connectivity index (χ2v) is 5.25. The predicted molar refractivity (Wildman–Crippen MR) is 80.2 cm³/mol. The quantitative estimate of drug-likeness (QED) is 0.710. The zero-order valence-corrected chi connectivity index (χ0v) is 11.7. The minimum Gasteiger partial charge on any atom is -0.251 e. The predicted octanol–water partition coefficient (Wildman–Crippen LogP) is 4.05. The highest BCUT2D eigenvalue weighted by Crippen LogP contribution is 2.27. The minimum atomic E-state index is 0.657. The Hall–Kier alpha value is -2.51. The molecule has 0 aliphatic rings. The van der Waals surface area contributed by atoms with Crippen molar-refractivity contribution in [2.24, 2.45) is 0 Å². The first-order valence-corrected chi connectivity index (χ1v) is 7.04. The number of pyridine rings is 1. The maximum atomic E-state index is 8.81. The Morgan fingerprint density at radius 3 is 2.50 bits per heavy atom. The van der Waals surface area contributed by atoms with Gasteiger partial charge in [-0.15, -0.1) is 11.3 Å². The lowest BCUT2D eigenvalue weighted by molar-refractivity contribution is 1.19. The molecule has 2 heterocycles. The molecule has 0 N–H and O–H groups in total. The Morgan fingerprint density at radius 1 is 1.00 bits per heavy atom. The van der Waals surface area contributed by atoms with Gasteiger partial charge in [-0.05, 0) is 31.2 Å². The Morgan fingerprint density at radius 2 is 1.80 bits per heavy atom. The van der Waals surface area contributed by atoms with E-state index in [4.69, 9.17) is 5.26 Å². The van der Waals surface area contributed by atoms with Crippen LogP contribution in [0.15, 0.2) is 47.8 Å². The molecule has 4 heteroatoms. The largest absolute Gasteiger partial charge is 0.251 e. The van der Waals surface area contributed by atoms with E-state index in [1.165, 1.54) is 0 Å². The van der Waals surface area contributed by atoms with E-state index in [2.05, 4.69) is 16.0 Å². The van der Waals surface area contributed by atoms with Crippen molar-refractivity contribution in [2.75, 3.05) is 0 Å². The van der Waals surface area contributed by atoms with Crippen LogP contribution in [0, 0.1) is 18.3 Å². The highest BCUT2D eigenvalue weighted by molar-refractivity contribution is 7.13. The Bertz CT molecular complexity index is 782. The summed E-state index contributed by atoms with van der Waals surface area (Å²) < 4.78 is 0. The fourth-order valence-electron chi connectivity index (χ4n) is 1.90. The Labute approximate surface area is 121 Å². The molecule has 3 aromatic rings. The van der Waals surface area contributed by atoms with Crippen molar-refractivity contribution in [3.8, 4) is 28.0 Å². The van der Waals surface area contributed by atoms with Crippen LogP contribution < -0.4 is 0 Å². The molecular formula is C16H11N3S. The molecule has 2 aromatic heterocycles. The standard InChI is InChI=1S/C16H11N3S/c1-11-3-2-4-14(18-11)16-19-15(10-20-16)13-7-5-12(9-17)6-8-13/h2-8,10H,1H3. The summed E-state index contributed by atoms with van der Waals surface area (Å²) in [7, 11) is 0. The number of aryl methyl sites for hydroxylation is 1. The van der Waals surface area contributed by atoms with Crippen LogP contribution in [0.5, 0.6) is 0 Å². The molecule has 0 unspecified atom stereocenters. The van der Waals surface area contributed by atoms with Crippen LogP contribution in [-0.2, 0) is 0 Å². The maximum Gasteiger partial charge on any atom is 0.142 e. The lowest BCUT2D eigenvalue weighted by Crippen LogP contribution is -1.85. The number of hydrogen-bond acceptors (Lipinski definition) is 4. The second-order valence-electron chi connectivity index (χ2n) is 4.39. The summed E-state index contributed by atoms with van der Waals surface area (Å²) in [5, 5.41) is 11.7. The summed E-state index contributed by atoms with van der Waals surface area (Å²) in [5.41, 5.74) is 4.47. The van der Waals surface area contributed by atoms with E-state index < -0.39 is 0 Å². The van der Waals surface area contributed by atoms with Crippen LogP contribution in [0.2, 0.25) is 0 Å². The SMILES string of the molecule is Cc1cccc(-c2nc(-c3ccc(C#N)cc3)cs2)n1. The Kier molecular flexibility index (Phi) is 3.28. The van der Waals surface area contributed by atoms with E-state index >= 15 is 0 Å². The third-order valence-corrected chi connectivity index (χ3v) is 3.79. The smallest absolute Gasteiger partial charge is 0.142 e. The van der Waals surface area contributed by atoms with Crippen LogP contribution in [0.25, 0.3) is 22.0 Å². The van der Waals surface area contributed by atoms with E-state index in [9.17, 15) is 0 Å². The van der Waals surface area contributed by atoms with Crippen LogP contribution in [-0.4, -0.2) is 9.97 Å². The van der Waals surface area contributed by atoms with Gasteiger partial charge in [-0.3, -0.25) is 4.98 Å². The first-order valence-electron chi connectivity index (χ1n) is 6.16. The van der Waals surface area contributed by atoms with Gasteiger partial charge in [-0.1, -0.05) is 18.2 Å². The fraction of sp³-hybridized carbons (Fsp3) is 0.0625. The van der Waals surface area contributed by atoms with Gasteiger partial charge in [-0.2, -0.15) is 5.26 Å². The molecule has 0 radical (unpaired) electrons. The summed E-state index contributed by atoms with van der Waals surface area (Å²) in [6.07, 6.45) is 0. The van der Waals surface area contributed by atoms with Gasteiger partial charge in [0.1, 0.15) is 5.01 Å². The van der Waals surface area contributed by atoms with Crippen molar-refractivity contribution in [2.45, 2.75) is 6.92 Å². The first kappa shape index (κ1) is 12.5. The first-order chi connectivity index (χ1) is 9.76. The molecule has 0 saturated carbocycles. The number of nitrogens with zero attached hydrogens (tertiary/aromatic N) is 3. The fourth-order valence-corrected chi connectivity index (χ4v) is 2.70. The van der Waals surface area contributed by atoms with E-state index in [0.717, 1.165) is 27.7 Å². The molecule has 0 spiro atoms. The van der Waals surface area contributed by atoms with Crippen molar-refractivity contribution in [1.29, 1.82) is 5.26 Å². The Balaban J connectivity index is 1.95. The van der Waals surface area contributed by atoms with Gasteiger partial charge in [-0.25, -0.2) is 4.98 Å². The summed E-state index contributed by atoms with van der Waals surface area (Å²) in [5.74, 6) is 0. The average molecular weight is 277 g/mol. The van der Waals surface area contributed by atoms with Gasteiger partial charge in [0, 0.05) is 16.6 Å². The second kappa shape index (κ2) is 5.24. The lowest BCUT2D eigenvalue weighted by atomic mass is 10.1. The monoisotopic (exact) mass is 277 g/mol. The highest BCUT2D eigenvalue weighted by Gasteiger charge is 2.07. The average Bonchev–Trinajstić information content (AvgIpc) is 2.97. The summed E-state index contributed by atoms with van der Waals surface area (Å²) >= 11 is 1.58. The maximum absolute atomic E-state index is 8.81. The van der Waals surface area contributed by atoms with Crippen molar-refractivity contribution < 1.29 is 0 Å². The molecule has 3 rings (SSSR count). The summed E-state index contributed by atoms with van der Waals surface area (Å²) in [6, 6.07) is 15.5. The molecule has 0 aliphatic heterocycles. The van der Waals surface area contributed by atoms with Crippen molar-refractivity contribution in [3.05, 3.63) is 59.1 Å². The highest BCUT2D eigenvalue weighted by atomic mass is 32.1. The van der Waals surface area contributed by atoms with E-state index in [0.29, 0.717) is 5.56 Å². The van der Waals surface area contributed by atoms with Gasteiger partial charge < -0.3 is 0 Å². The van der Waals surface area contributed by atoms with Gasteiger partial charge in [0.15, 0.2) is 0 Å². The zero-order chi connectivity index (χ0) is 13.9. The molecule has 20 heavy (non-hydrogen) atoms. The lowest BCUT2D eigenvalue weighted by Gasteiger charge is -1.98. The van der Waals surface area contributed by atoms with Gasteiger partial charge in [0.25, 0.3) is 0 Å².